The van der Waals surface area contributed by atoms with Crippen LogP contribution in [0, 0.1) is 0 Å². The van der Waals surface area contributed by atoms with Crippen molar-refractivity contribution in [3.05, 3.63) is 244 Å². The van der Waals surface area contributed by atoms with E-state index in [2.05, 4.69) is 170 Å². The van der Waals surface area contributed by atoms with Gasteiger partial charge in [0.15, 0.2) is 0 Å². The van der Waals surface area contributed by atoms with Gasteiger partial charge in [-0.3, -0.25) is 19.9 Å². The Balaban J connectivity index is 0.00000542. The van der Waals surface area contributed by atoms with Gasteiger partial charge in [-0.2, -0.15) is 0 Å². The van der Waals surface area contributed by atoms with Crippen LogP contribution in [0.4, 0.5) is 0 Å². The van der Waals surface area contributed by atoms with Crippen molar-refractivity contribution in [2.45, 2.75) is 0 Å². The quantitative estimate of drug-likeness (QED) is 0.172. The zero-order chi connectivity index (χ0) is 52.4. The van der Waals surface area contributed by atoms with Crippen molar-refractivity contribution in [1.82, 2.24) is 39.9 Å². The summed E-state index contributed by atoms with van der Waals surface area (Å²) in [6.45, 7) is 0. The van der Waals surface area contributed by atoms with Crippen molar-refractivity contribution in [3.8, 4) is 89.5 Å². The third kappa shape index (κ3) is 7.27. The topological polar surface area (TPSA) is 106 Å². The molecule has 8 aromatic carbocycles. The van der Waals surface area contributed by atoms with Crippen molar-refractivity contribution in [3.63, 3.8) is 0 Å². The maximum Gasteiger partial charge on any atom is 2.00 e. The first kappa shape index (κ1) is 46.8. The van der Waals surface area contributed by atoms with Gasteiger partial charge in [-0.05, 0) is 160 Å². The van der Waals surface area contributed by atoms with Gasteiger partial charge in [0, 0.05) is 94.1 Å². The van der Waals surface area contributed by atoms with Crippen molar-refractivity contribution >= 4 is 86.7 Å². The Labute approximate surface area is 477 Å². The van der Waals surface area contributed by atoms with E-state index >= 15 is 0 Å². The number of nitrogens with zero attached hydrogens (tertiary/aromatic N) is 8. The van der Waals surface area contributed by atoms with E-state index in [9.17, 15) is 0 Å². The summed E-state index contributed by atoms with van der Waals surface area (Å²) in [5.41, 5.74) is 17.0. The van der Waals surface area contributed by atoms with Crippen LogP contribution < -0.4 is 9.97 Å². The molecule has 14 aromatic rings. The molecule has 0 N–H and O–H groups in total. The Morgan fingerprint density at radius 2 is 0.469 bits per heavy atom. The van der Waals surface area contributed by atoms with Crippen molar-refractivity contribution < 1.29 is 21.1 Å². The predicted molar refractivity (Wildman–Crippen MR) is 326 cm³/mol. The SMILES string of the molecule is [Pt+2].c1cncc(-c2c3nc(c(-c4cccnc4)c4[n-]c(c(-c5cccnc5)c5nc(c(-c6cccnc6)c6[n-]c2c2cc7ccccc7cc62)-c2cc6ccccc6cc2-5)c2cc5ccccc5cc42)-c2cc4ccccc4cc2-3)c1. The van der Waals surface area contributed by atoms with Crippen molar-refractivity contribution in [1.29, 1.82) is 0 Å². The molecular weight excluding hydrogens is 1170 g/mol. The summed E-state index contributed by atoms with van der Waals surface area (Å²) in [5, 5.41) is 12.7. The first-order valence-electron chi connectivity index (χ1n) is 26.8. The molecule has 0 saturated heterocycles. The van der Waals surface area contributed by atoms with Gasteiger partial charge in [0.1, 0.15) is 0 Å². The minimum atomic E-state index is 0. The van der Waals surface area contributed by atoms with Gasteiger partial charge in [0.05, 0.1) is 22.8 Å². The van der Waals surface area contributed by atoms with Crippen LogP contribution in [0.25, 0.3) is 176 Å². The molecule has 81 heavy (non-hydrogen) atoms. The molecule has 9 heteroatoms. The number of fused-ring (bicyclic) bond motifs is 4. The second-order valence-corrected chi connectivity index (χ2v) is 20.7. The second-order valence-electron chi connectivity index (χ2n) is 20.7. The average molecular weight is 1210 g/mol. The number of hydrogen-bond donors (Lipinski definition) is 0. The van der Waals surface area contributed by atoms with Crippen LogP contribution in [-0.4, -0.2) is 29.9 Å². The monoisotopic (exact) mass is 1210 g/mol. The summed E-state index contributed by atoms with van der Waals surface area (Å²) >= 11 is 0. The van der Waals surface area contributed by atoms with E-state index in [0.717, 1.165) is 176 Å². The van der Waals surface area contributed by atoms with Crippen LogP contribution in [0.2, 0.25) is 0 Å². The summed E-state index contributed by atoms with van der Waals surface area (Å²) in [6, 6.07) is 69.1. The second kappa shape index (κ2) is 18.4. The Kier molecular flexibility index (Phi) is 10.6. The summed E-state index contributed by atoms with van der Waals surface area (Å²) in [7, 11) is 0. The number of benzene rings is 8. The average Bonchev–Trinajstić information content (AvgIpc) is 4.39. The summed E-state index contributed by atoms with van der Waals surface area (Å²) in [6.07, 6.45) is 15.1. The first-order valence-corrected chi connectivity index (χ1v) is 26.8. The van der Waals surface area contributed by atoms with Crippen LogP contribution in [0.3, 0.4) is 0 Å². The van der Waals surface area contributed by atoms with Gasteiger partial charge in [-0.1, -0.05) is 121 Å². The molecule has 0 saturated carbocycles. The zero-order valence-electron chi connectivity index (χ0n) is 43.0. The molecule has 8 bridgehead atoms. The maximum absolute atomic E-state index is 6.05. The van der Waals surface area contributed by atoms with Crippen LogP contribution in [0.1, 0.15) is 0 Å². The molecule has 3 aliphatic rings. The fourth-order valence-electron chi connectivity index (χ4n) is 12.6. The van der Waals surface area contributed by atoms with Crippen LogP contribution in [0.5, 0.6) is 0 Å². The van der Waals surface area contributed by atoms with E-state index in [4.69, 9.17) is 39.9 Å². The molecule has 0 spiro atoms. The summed E-state index contributed by atoms with van der Waals surface area (Å²) in [5.74, 6) is 0. The Bertz CT molecular complexity index is 4640. The molecule has 8 heterocycles. The van der Waals surface area contributed by atoms with Gasteiger partial charge < -0.3 is 9.97 Å². The number of hydrogen-bond acceptors (Lipinski definition) is 6. The molecule has 1 aliphatic carbocycles. The van der Waals surface area contributed by atoms with Gasteiger partial charge >= 0.3 is 21.1 Å². The van der Waals surface area contributed by atoms with Crippen LogP contribution in [0.15, 0.2) is 244 Å². The van der Waals surface area contributed by atoms with E-state index in [-0.39, 0.29) is 21.1 Å². The largest absolute Gasteiger partial charge is 2.00 e. The molecule has 0 atom stereocenters. The predicted octanol–water partition coefficient (Wildman–Crippen LogP) is 17.4. The minimum Gasteiger partial charge on any atom is -0.656 e. The maximum atomic E-state index is 6.05. The normalized spacial score (nSPS) is 11.9. The number of pyridine rings is 4. The molecule has 17 rings (SSSR count). The fraction of sp³-hybridized carbons (Fsp3) is 0. The molecule has 2 aliphatic heterocycles. The fourth-order valence-corrected chi connectivity index (χ4v) is 12.6. The molecule has 378 valence electrons. The van der Waals surface area contributed by atoms with E-state index in [1.165, 1.54) is 0 Å². The third-order valence-corrected chi connectivity index (χ3v) is 16.2. The molecule has 8 nitrogen and oxygen atoms in total. The van der Waals surface area contributed by atoms with Crippen LogP contribution >= 0.6 is 0 Å². The smallest absolute Gasteiger partial charge is 0.656 e. The van der Waals surface area contributed by atoms with E-state index < -0.39 is 0 Å². The third-order valence-electron chi connectivity index (χ3n) is 16.2. The van der Waals surface area contributed by atoms with Gasteiger partial charge in [-0.25, -0.2) is 9.97 Å². The zero-order valence-corrected chi connectivity index (χ0v) is 45.3. The summed E-state index contributed by atoms with van der Waals surface area (Å²) < 4.78 is 0. The van der Waals surface area contributed by atoms with Gasteiger partial charge in [-0.15, -0.1) is 22.1 Å². The van der Waals surface area contributed by atoms with E-state index in [0.29, 0.717) is 0 Å². The van der Waals surface area contributed by atoms with Crippen molar-refractivity contribution in [2.24, 2.45) is 0 Å². The Hall–Kier alpha value is -10.3. The number of rotatable bonds is 4. The Morgan fingerprint density at radius 1 is 0.247 bits per heavy atom. The molecule has 6 aromatic heterocycles. The minimum absolute atomic E-state index is 0. The Morgan fingerprint density at radius 3 is 0.679 bits per heavy atom. The van der Waals surface area contributed by atoms with Crippen molar-refractivity contribution in [2.75, 3.05) is 0 Å². The van der Waals surface area contributed by atoms with E-state index in [1.807, 2.05) is 73.8 Å². The first-order chi connectivity index (χ1) is 39.7. The molecule has 0 amide bonds. The molecule has 0 unspecified atom stereocenters. The molecule has 0 fully saturated rings. The summed E-state index contributed by atoms with van der Waals surface area (Å²) in [4.78, 5) is 43.4. The number of aromatic nitrogens is 8. The molecular formula is C72H40N8Pt. The van der Waals surface area contributed by atoms with Gasteiger partial charge in [0.2, 0.25) is 0 Å². The van der Waals surface area contributed by atoms with Gasteiger partial charge in [0.25, 0.3) is 0 Å². The van der Waals surface area contributed by atoms with E-state index in [1.54, 1.807) is 0 Å². The molecule has 0 radical (unpaired) electrons. The van der Waals surface area contributed by atoms with Crippen LogP contribution in [-0.2, 0) is 21.1 Å². The standard InChI is InChI=1S/C72H40N8.Pt/c1-2-14-42-30-54-53(29-41(42)13-1)65-61(49-21-9-25-73-37-49)67-55-31-43-15-3-4-16-44(43)32-56(55)69(78-67)63(51-23-11-27-75-39-51)71-59-35-47-19-7-8-20-48(47)36-60(59)72(80-71)64(52-24-12-28-76-40-52)70-58-34-46-18-6-5-17-45(46)33-57(58)68(79-70)62(66(54)77-65)50-22-10-26-74-38-50;/h1-40H;/q-2;+2.